The first kappa shape index (κ1) is 16.3. The average molecular weight is 298 g/mol. The van der Waals surface area contributed by atoms with Crippen LogP contribution in [0.25, 0.3) is 0 Å². The molecular weight excluding hydrogens is 274 g/mol. The number of nitrogens with zero attached hydrogens (tertiary/aromatic N) is 1. The van der Waals surface area contributed by atoms with Gasteiger partial charge in [0.15, 0.2) is 0 Å². The van der Waals surface area contributed by atoms with Crippen LogP contribution in [-0.4, -0.2) is 44.3 Å². The van der Waals surface area contributed by atoms with E-state index in [0.717, 1.165) is 38.5 Å². The Bertz CT molecular complexity index is 442. The number of likely N-dealkylation sites (tertiary alicyclic amines) is 1. The Kier molecular flexibility index (Phi) is 6.54. The molecule has 1 unspecified atom stereocenters. The van der Waals surface area contributed by atoms with Crippen molar-refractivity contribution in [1.82, 2.24) is 10.2 Å². The molecule has 2 rings (SSSR count). The minimum atomic E-state index is -0.521. The van der Waals surface area contributed by atoms with Crippen LogP contribution >= 0.6 is 0 Å². The van der Waals surface area contributed by atoms with Crippen molar-refractivity contribution in [2.24, 2.45) is 0 Å². The fourth-order valence-electron chi connectivity index (χ4n) is 2.81. The van der Waals surface area contributed by atoms with Gasteiger partial charge < -0.3 is 10.1 Å². The summed E-state index contributed by atoms with van der Waals surface area (Å²) in [7, 11) is 1.69. The van der Waals surface area contributed by atoms with Gasteiger partial charge in [-0.25, -0.2) is 8.78 Å². The first-order valence-electron chi connectivity index (χ1n) is 7.58. The minimum Gasteiger partial charge on any atom is -0.383 e. The number of piperidine rings is 1. The lowest BCUT2D eigenvalue weighted by Crippen LogP contribution is -2.45. The molecule has 5 heteroatoms. The number of nitrogens with one attached hydrogen (secondary N) is 1. The van der Waals surface area contributed by atoms with E-state index in [-0.39, 0.29) is 0 Å². The number of rotatable bonds is 7. The Morgan fingerprint density at radius 1 is 1.33 bits per heavy atom. The van der Waals surface area contributed by atoms with Gasteiger partial charge in [0.25, 0.3) is 0 Å². The monoisotopic (exact) mass is 298 g/mol. The quantitative estimate of drug-likeness (QED) is 0.783. The second-order valence-electron chi connectivity index (χ2n) is 5.55. The molecule has 1 heterocycles. The molecule has 0 radical (unpaired) electrons. The molecule has 21 heavy (non-hydrogen) atoms. The Hall–Kier alpha value is -1.04. The molecule has 1 aromatic rings. The summed E-state index contributed by atoms with van der Waals surface area (Å²) in [5.74, 6) is -0.973. The van der Waals surface area contributed by atoms with Crippen molar-refractivity contribution in [2.45, 2.75) is 31.8 Å². The maximum Gasteiger partial charge on any atom is 0.130 e. The van der Waals surface area contributed by atoms with Gasteiger partial charge in [0.2, 0.25) is 0 Å². The lowest BCUT2D eigenvalue weighted by atomic mass is 10.0. The number of methoxy groups -OCH3 is 1. The van der Waals surface area contributed by atoms with E-state index in [0.29, 0.717) is 24.8 Å². The Labute approximate surface area is 125 Å². The second kappa shape index (κ2) is 8.41. The maximum atomic E-state index is 13.8. The molecule has 3 nitrogen and oxygen atoms in total. The van der Waals surface area contributed by atoms with Crippen LogP contribution in [0.5, 0.6) is 0 Å². The van der Waals surface area contributed by atoms with E-state index in [1.54, 1.807) is 13.2 Å². The highest BCUT2D eigenvalue weighted by Crippen LogP contribution is 2.20. The molecule has 0 spiro atoms. The highest BCUT2D eigenvalue weighted by Gasteiger charge is 2.22. The summed E-state index contributed by atoms with van der Waals surface area (Å²) in [6.45, 7) is 3.91. The van der Waals surface area contributed by atoms with Crippen molar-refractivity contribution in [3.05, 3.63) is 35.4 Å². The molecule has 1 N–H and O–H groups in total. The summed E-state index contributed by atoms with van der Waals surface area (Å²) in [6.07, 6.45) is 3.46. The van der Waals surface area contributed by atoms with Crippen molar-refractivity contribution in [2.75, 3.05) is 33.4 Å². The normalized spacial score (nSPS) is 19.9. The van der Waals surface area contributed by atoms with Crippen molar-refractivity contribution < 1.29 is 13.5 Å². The molecule has 0 saturated carbocycles. The zero-order chi connectivity index (χ0) is 15.1. The van der Waals surface area contributed by atoms with Crippen LogP contribution in [-0.2, 0) is 11.3 Å². The van der Waals surface area contributed by atoms with Gasteiger partial charge in [0.1, 0.15) is 11.6 Å². The Morgan fingerprint density at radius 3 is 2.95 bits per heavy atom. The SMILES string of the molecule is COCCNCC1CCCCN1Cc1ccc(F)cc1F. The summed E-state index contributed by atoms with van der Waals surface area (Å²) >= 11 is 0. The topological polar surface area (TPSA) is 24.5 Å². The van der Waals surface area contributed by atoms with E-state index in [4.69, 9.17) is 4.74 Å². The van der Waals surface area contributed by atoms with Crippen LogP contribution in [0.4, 0.5) is 8.78 Å². The summed E-state index contributed by atoms with van der Waals surface area (Å²) in [5, 5.41) is 3.38. The fraction of sp³-hybridized carbons (Fsp3) is 0.625. The van der Waals surface area contributed by atoms with Crippen LogP contribution in [0.3, 0.4) is 0 Å². The summed E-state index contributed by atoms with van der Waals surface area (Å²) < 4.78 is 31.8. The summed E-state index contributed by atoms with van der Waals surface area (Å²) in [5.41, 5.74) is 0.570. The molecular formula is C16H24F2N2O. The van der Waals surface area contributed by atoms with Gasteiger partial charge in [-0.1, -0.05) is 12.5 Å². The minimum absolute atomic E-state index is 0.403. The molecule has 1 atom stereocenters. The van der Waals surface area contributed by atoms with Crippen LogP contribution < -0.4 is 5.32 Å². The van der Waals surface area contributed by atoms with Crippen LogP contribution in [0.15, 0.2) is 18.2 Å². The van der Waals surface area contributed by atoms with Gasteiger partial charge >= 0.3 is 0 Å². The van der Waals surface area contributed by atoms with Gasteiger partial charge in [-0.3, -0.25) is 4.90 Å². The van der Waals surface area contributed by atoms with Crippen LogP contribution in [0.1, 0.15) is 24.8 Å². The van der Waals surface area contributed by atoms with E-state index in [1.807, 2.05) is 0 Å². The molecule has 1 fully saturated rings. The third-order valence-corrected chi connectivity index (χ3v) is 4.00. The first-order valence-corrected chi connectivity index (χ1v) is 7.58. The number of ether oxygens (including phenoxy) is 1. The van der Waals surface area contributed by atoms with E-state index >= 15 is 0 Å². The molecule has 0 bridgehead atoms. The van der Waals surface area contributed by atoms with E-state index in [1.165, 1.54) is 12.5 Å². The van der Waals surface area contributed by atoms with Gasteiger partial charge in [-0.2, -0.15) is 0 Å². The Balaban J connectivity index is 1.91. The van der Waals surface area contributed by atoms with Crippen LogP contribution in [0, 0.1) is 11.6 Å². The summed E-state index contributed by atoms with van der Waals surface area (Å²) in [4.78, 5) is 2.29. The molecule has 1 aliphatic rings. The van der Waals surface area contributed by atoms with E-state index in [9.17, 15) is 8.78 Å². The predicted molar refractivity (Wildman–Crippen MR) is 79.2 cm³/mol. The lowest BCUT2D eigenvalue weighted by Gasteiger charge is -2.36. The third-order valence-electron chi connectivity index (χ3n) is 4.00. The number of hydrogen-bond acceptors (Lipinski definition) is 3. The van der Waals surface area contributed by atoms with Crippen molar-refractivity contribution in [3.8, 4) is 0 Å². The number of hydrogen-bond donors (Lipinski definition) is 1. The molecule has 118 valence electrons. The van der Waals surface area contributed by atoms with Gasteiger partial charge in [0, 0.05) is 44.4 Å². The van der Waals surface area contributed by atoms with Crippen molar-refractivity contribution >= 4 is 0 Å². The molecule has 1 aliphatic heterocycles. The molecule has 1 saturated heterocycles. The third kappa shape index (κ3) is 5.02. The molecule has 0 amide bonds. The highest BCUT2D eigenvalue weighted by atomic mass is 19.1. The fourth-order valence-corrected chi connectivity index (χ4v) is 2.81. The van der Waals surface area contributed by atoms with Gasteiger partial charge in [-0.05, 0) is 25.5 Å². The number of halogens is 2. The smallest absolute Gasteiger partial charge is 0.130 e. The van der Waals surface area contributed by atoms with Gasteiger partial charge in [0.05, 0.1) is 6.61 Å². The number of benzene rings is 1. The zero-order valence-corrected chi connectivity index (χ0v) is 12.6. The second-order valence-corrected chi connectivity index (χ2v) is 5.55. The molecule has 0 aliphatic carbocycles. The van der Waals surface area contributed by atoms with Crippen molar-refractivity contribution in [3.63, 3.8) is 0 Å². The highest BCUT2D eigenvalue weighted by molar-refractivity contribution is 5.18. The zero-order valence-electron chi connectivity index (χ0n) is 12.6. The first-order chi connectivity index (χ1) is 10.2. The largest absolute Gasteiger partial charge is 0.383 e. The predicted octanol–water partition coefficient (Wildman–Crippen LogP) is 2.56. The van der Waals surface area contributed by atoms with E-state index < -0.39 is 11.6 Å². The van der Waals surface area contributed by atoms with Crippen molar-refractivity contribution in [1.29, 1.82) is 0 Å². The van der Waals surface area contributed by atoms with E-state index in [2.05, 4.69) is 10.2 Å². The molecule has 0 aromatic heterocycles. The lowest BCUT2D eigenvalue weighted by molar-refractivity contribution is 0.131. The average Bonchev–Trinajstić information content (AvgIpc) is 2.48. The standard InChI is InChI=1S/C16H24F2N2O/c1-21-9-7-19-11-15-4-2-3-8-20(15)12-13-5-6-14(17)10-16(13)18/h5-6,10,15,19H,2-4,7-9,11-12H2,1H3. The maximum absolute atomic E-state index is 13.8. The van der Waals surface area contributed by atoms with Gasteiger partial charge in [-0.15, -0.1) is 0 Å². The Morgan fingerprint density at radius 2 is 2.19 bits per heavy atom. The summed E-state index contributed by atoms with van der Waals surface area (Å²) in [6, 6.07) is 4.24. The molecule has 1 aromatic carbocycles. The van der Waals surface area contributed by atoms with Crippen LogP contribution in [0.2, 0.25) is 0 Å².